The first kappa shape index (κ1) is 22.1. The second-order valence-electron chi connectivity index (χ2n) is 6.71. The summed E-state index contributed by atoms with van der Waals surface area (Å²) in [7, 11) is 0. The molecule has 1 N–H and O–H groups in total. The number of rotatable bonds is 8. The summed E-state index contributed by atoms with van der Waals surface area (Å²) in [5.74, 6) is 0.542. The van der Waals surface area contributed by atoms with E-state index in [0.717, 1.165) is 27.6 Å². The lowest BCUT2D eigenvalue weighted by Crippen LogP contribution is -2.19. The van der Waals surface area contributed by atoms with Gasteiger partial charge in [-0.2, -0.15) is 5.10 Å². The molecule has 30 heavy (non-hydrogen) atoms. The molecule has 0 spiro atoms. The molecule has 0 saturated heterocycles. The van der Waals surface area contributed by atoms with E-state index in [1.807, 2.05) is 66.7 Å². The average Bonchev–Trinajstić information content (AvgIpc) is 2.75. The summed E-state index contributed by atoms with van der Waals surface area (Å²) in [6.07, 6.45) is 2.87. The summed E-state index contributed by atoms with van der Waals surface area (Å²) in [6, 6.07) is 21.2. The van der Waals surface area contributed by atoms with Crippen LogP contribution in [-0.2, 0) is 24.2 Å². The number of nitrogens with zero attached hydrogens (tertiary/aromatic N) is 1. The molecule has 0 saturated carbocycles. The second kappa shape index (κ2) is 11.0. The molecular weight excluding hydrogens is 464 g/mol. The molecule has 0 radical (unpaired) electrons. The van der Waals surface area contributed by atoms with Gasteiger partial charge in [0, 0.05) is 10.6 Å². The molecule has 3 aromatic carbocycles. The topological polar surface area (TPSA) is 50.7 Å². The number of amides is 1. The monoisotopic (exact) mass is 484 g/mol. The fourth-order valence-electron chi connectivity index (χ4n) is 2.78. The van der Waals surface area contributed by atoms with Gasteiger partial charge in [0.05, 0.1) is 17.1 Å². The second-order valence-corrected chi connectivity index (χ2v) is 7.97. The molecular formula is C24H22BrClN2O2. The molecule has 0 bridgehead atoms. The molecule has 0 aliphatic carbocycles. The standard InChI is InChI=1S/C24H22BrClN2O2/c1-2-17-7-9-18(10-8-17)14-24(29)28-27-15-19-11-12-23(21(25)13-19)30-16-20-5-3-4-6-22(20)26/h3-13,15H,2,14,16H2,1H3,(H,28,29)/b27-15+. The fourth-order valence-corrected chi connectivity index (χ4v) is 3.48. The van der Waals surface area contributed by atoms with Crippen molar-refractivity contribution in [2.24, 2.45) is 5.10 Å². The minimum absolute atomic E-state index is 0.158. The fraction of sp³-hybridized carbons (Fsp3) is 0.167. The summed E-state index contributed by atoms with van der Waals surface area (Å²) in [5, 5.41) is 4.72. The van der Waals surface area contributed by atoms with Crippen molar-refractivity contribution in [2.75, 3.05) is 0 Å². The SMILES string of the molecule is CCc1ccc(CC(=O)N/N=C/c2ccc(OCc3ccccc3Cl)c(Br)c2)cc1. The summed E-state index contributed by atoms with van der Waals surface area (Å²) >= 11 is 9.67. The maximum atomic E-state index is 12.1. The Morgan fingerprint density at radius 1 is 1.10 bits per heavy atom. The summed E-state index contributed by atoms with van der Waals surface area (Å²) in [6.45, 7) is 2.48. The van der Waals surface area contributed by atoms with E-state index < -0.39 is 0 Å². The molecule has 3 aromatic rings. The third-order valence-electron chi connectivity index (χ3n) is 4.50. The highest BCUT2D eigenvalue weighted by molar-refractivity contribution is 9.10. The Hall–Kier alpha value is -2.63. The van der Waals surface area contributed by atoms with Gasteiger partial charge in [0.1, 0.15) is 12.4 Å². The number of nitrogens with one attached hydrogen (secondary N) is 1. The van der Waals surface area contributed by atoms with Gasteiger partial charge in [-0.25, -0.2) is 5.43 Å². The van der Waals surface area contributed by atoms with Crippen LogP contribution in [0.2, 0.25) is 5.02 Å². The minimum atomic E-state index is -0.158. The Kier molecular flexibility index (Phi) is 8.05. The number of carbonyl (C=O) groups is 1. The Labute approximate surface area is 190 Å². The highest BCUT2D eigenvalue weighted by Crippen LogP contribution is 2.27. The maximum absolute atomic E-state index is 12.1. The van der Waals surface area contributed by atoms with Crippen LogP contribution in [0.15, 0.2) is 76.3 Å². The molecule has 154 valence electrons. The molecule has 0 aromatic heterocycles. The molecule has 3 rings (SSSR count). The Bertz CT molecular complexity index is 1040. The van der Waals surface area contributed by atoms with Crippen molar-refractivity contribution in [1.29, 1.82) is 0 Å². The number of halogens is 2. The van der Waals surface area contributed by atoms with Gasteiger partial charge in [0.25, 0.3) is 0 Å². The van der Waals surface area contributed by atoms with E-state index in [0.29, 0.717) is 23.8 Å². The van der Waals surface area contributed by atoms with Crippen LogP contribution >= 0.6 is 27.5 Å². The number of hydrogen-bond acceptors (Lipinski definition) is 3. The third-order valence-corrected chi connectivity index (χ3v) is 5.48. The van der Waals surface area contributed by atoms with Crippen molar-refractivity contribution in [1.82, 2.24) is 5.43 Å². The molecule has 0 aliphatic rings. The first-order valence-corrected chi connectivity index (χ1v) is 10.8. The third kappa shape index (κ3) is 6.44. The first-order valence-electron chi connectivity index (χ1n) is 9.60. The van der Waals surface area contributed by atoms with Crippen molar-refractivity contribution in [3.63, 3.8) is 0 Å². The van der Waals surface area contributed by atoms with Gasteiger partial charge in [-0.05, 0) is 63.3 Å². The molecule has 6 heteroatoms. The zero-order chi connectivity index (χ0) is 21.3. The number of aryl methyl sites for hydroxylation is 1. The van der Waals surface area contributed by atoms with Gasteiger partial charge in [-0.3, -0.25) is 4.79 Å². The Morgan fingerprint density at radius 2 is 1.83 bits per heavy atom. The van der Waals surface area contributed by atoms with Gasteiger partial charge in [-0.1, -0.05) is 61.0 Å². The highest BCUT2D eigenvalue weighted by Gasteiger charge is 2.05. The van der Waals surface area contributed by atoms with E-state index >= 15 is 0 Å². The molecule has 1 amide bonds. The first-order chi connectivity index (χ1) is 14.5. The van der Waals surface area contributed by atoms with Crippen LogP contribution in [0.4, 0.5) is 0 Å². The van der Waals surface area contributed by atoms with Gasteiger partial charge in [0.15, 0.2) is 0 Å². The van der Waals surface area contributed by atoms with Crippen LogP contribution < -0.4 is 10.2 Å². The van der Waals surface area contributed by atoms with E-state index in [1.54, 1.807) is 6.21 Å². The summed E-state index contributed by atoms with van der Waals surface area (Å²) in [5.41, 5.74) is 6.53. The largest absolute Gasteiger partial charge is 0.488 e. The van der Waals surface area contributed by atoms with Crippen molar-refractivity contribution in [3.8, 4) is 5.75 Å². The lowest BCUT2D eigenvalue weighted by Gasteiger charge is -2.10. The number of carbonyl (C=O) groups excluding carboxylic acids is 1. The molecule has 4 nitrogen and oxygen atoms in total. The summed E-state index contributed by atoms with van der Waals surface area (Å²) < 4.78 is 6.63. The maximum Gasteiger partial charge on any atom is 0.244 e. The van der Waals surface area contributed by atoms with E-state index in [2.05, 4.69) is 33.4 Å². The highest BCUT2D eigenvalue weighted by atomic mass is 79.9. The van der Waals surface area contributed by atoms with Crippen LogP contribution in [0.1, 0.15) is 29.2 Å². The van der Waals surface area contributed by atoms with E-state index in [9.17, 15) is 4.79 Å². The quantitative estimate of drug-likeness (QED) is 0.317. The van der Waals surface area contributed by atoms with Crippen LogP contribution in [0.3, 0.4) is 0 Å². The lowest BCUT2D eigenvalue weighted by molar-refractivity contribution is -0.120. The lowest BCUT2D eigenvalue weighted by atomic mass is 10.1. The number of ether oxygens (including phenoxy) is 1. The van der Waals surface area contributed by atoms with Crippen LogP contribution in [0, 0.1) is 0 Å². The van der Waals surface area contributed by atoms with Crippen molar-refractivity contribution >= 4 is 39.7 Å². The molecule has 0 unspecified atom stereocenters. The smallest absolute Gasteiger partial charge is 0.244 e. The normalized spacial score (nSPS) is 10.9. The van der Waals surface area contributed by atoms with Gasteiger partial charge in [-0.15, -0.1) is 0 Å². The number of hydrazone groups is 1. The van der Waals surface area contributed by atoms with Crippen LogP contribution in [-0.4, -0.2) is 12.1 Å². The number of hydrogen-bond donors (Lipinski definition) is 1. The summed E-state index contributed by atoms with van der Waals surface area (Å²) in [4.78, 5) is 12.1. The molecule has 0 heterocycles. The van der Waals surface area contributed by atoms with Crippen LogP contribution in [0.5, 0.6) is 5.75 Å². The van der Waals surface area contributed by atoms with Gasteiger partial charge < -0.3 is 4.74 Å². The van der Waals surface area contributed by atoms with E-state index in [1.165, 1.54) is 5.56 Å². The van der Waals surface area contributed by atoms with Crippen LogP contribution in [0.25, 0.3) is 0 Å². The van der Waals surface area contributed by atoms with Gasteiger partial charge >= 0.3 is 0 Å². The zero-order valence-electron chi connectivity index (χ0n) is 16.6. The van der Waals surface area contributed by atoms with Gasteiger partial charge in [0.2, 0.25) is 5.91 Å². The molecule has 0 aliphatic heterocycles. The van der Waals surface area contributed by atoms with E-state index in [-0.39, 0.29) is 5.91 Å². The van der Waals surface area contributed by atoms with Crippen molar-refractivity contribution < 1.29 is 9.53 Å². The average molecular weight is 486 g/mol. The predicted octanol–water partition coefficient (Wildman–Crippen LogP) is 5.94. The predicted molar refractivity (Wildman–Crippen MR) is 125 cm³/mol. The molecule has 0 atom stereocenters. The Morgan fingerprint density at radius 3 is 2.53 bits per heavy atom. The zero-order valence-corrected chi connectivity index (χ0v) is 18.9. The minimum Gasteiger partial charge on any atom is -0.488 e. The van der Waals surface area contributed by atoms with Crippen molar-refractivity contribution in [3.05, 3.63) is 98.5 Å². The van der Waals surface area contributed by atoms with E-state index in [4.69, 9.17) is 16.3 Å². The Balaban J connectivity index is 1.52. The van der Waals surface area contributed by atoms with Crippen molar-refractivity contribution in [2.45, 2.75) is 26.4 Å². The number of benzene rings is 3. The molecule has 0 fully saturated rings.